The zero-order chi connectivity index (χ0) is 19.5. The maximum absolute atomic E-state index is 10.5. The molecule has 0 fully saturated rings. The molecule has 10 heteroatoms. The number of thioether (sulfide) groups is 1. The topological polar surface area (TPSA) is 127 Å². The number of furan rings is 1. The normalized spacial score (nSPS) is 14.9. The van der Waals surface area contributed by atoms with Crippen molar-refractivity contribution in [2.45, 2.75) is 44.4 Å². The third-order valence-corrected chi connectivity index (χ3v) is 5.39. The average molecular weight is 398 g/mol. The smallest absolute Gasteiger partial charge is 0.277 e. The summed E-state index contributed by atoms with van der Waals surface area (Å²) in [7, 11) is 0. The van der Waals surface area contributed by atoms with Crippen molar-refractivity contribution in [2.24, 2.45) is 0 Å². The van der Waals surface area contributed by atoms with E-state index >= 15 is 0 Å². The van der Waals surface area contributed by atoms with Gasteiger partial charge in [-0.05, 0) is 25.8 Å². The van der Waals surface area contributed by atoms with E-state index in [0.717, 1.165) is 55.4 Å². The summed E-state index contributed by atoms with van der Waals surface area (Å²) in [6.07, 6.45) is 5.56. The van der Waals surface area contributed by atoms with Crippen molar-refractivity contribution in [3.05, 3.63) is 35.5 Å². The third-order valence-electron chi connectivity index (χ3n) is 4.56. The second-order valence-corrected chi connectivity index (χ2v) is 7.31. The first-order valence-electron chi connectivity index (χ1n) is 8.93. The Balaban J connectivity index is 1.52. The van der Waals surface area contributed by atoms with Crippen molar-refractivity contribution >= 4 is 17.3 Å². The fraction of sp³-hybridized carbons (Fsp3) is 0.389. The van der Waals surface area contributed by atoms with Gasteiger partial charge in [0.2, 0.25) is 0 Å². The molecule has 144 valence electrons. The summed E-state index contributed by atoms with van der Waals surface area (Å²) in [5.41, 5.74) is 0.849. The van der Waals surface area contributed by atoms with E-state index in [9.17, 15) is 10.4 Å². The van der Waals surface area contributed by atoms with Crippen molar-refractivity contribution in [3.63, 3.8) is 0 Å². The van der Waals surface area contributed by atoms with E-state index in [2.05, 4.69) is 26.5 Å². The molecule has 0 spiro atoms. The Bertz CT molecular complexity index is 1060. The van der Waals surface area contributed by atoms with E-state index in [1.165, 1.54) is 0 Å². The van der Waals surface area contributed by atoms with Crippen LogP contribution in [-0.2, 0) is 13.0 Å². The van der Waals surface area contributed by atoms with Crippen LogP contribution in [0.2, 0.25) is 0 Å². The highest BCUT2D eigenvalue weighted by Crippen LogP contribution is 2.28. The van der Waals surface area contributed by atoms with Crippen LogP contribution in [0.3, 0.4) is 0 Å². The molecule has 0 saturated heterocycles. The first kappa shape index (κ1) is 18.3. The van der Waals surface area contributed by atoms with Gasteiger partial charge < -0.3 is 18.5 Å². The second-order valence-electron chi connectivity index (χ2n) is 6.39. The van der Waals surface area contributed by atoms with Crippen LogP contribution < -0.4 is 0 Å². The summed E-state index contributed by atoms with van der Waals surface area (Å²) in [5.74, 6) is 2.32. The fourth-order valence-corrected chi connectivity index (χ4v) is 3.74. The molecule has 0 bridgehead atoms. The van der Waals surface area contributed by atoms with Gasteiger partial charge in [0.15, 0.2) is 5.82 Å². The highest BCUT2D eigenvalue weighted by molar-refractivity contribution is 7.99. The zero-order valence-electron chi connectivity index (χ0n) is 15.3. The van der Waals surface area contributed by atoms with Crippen molar-refractivity contribution in [2.75, 3.05) is 5.75 Å². The van der Waals surface area contributed by atoms with Crippen LogP contribution in [0.25, 0.3) is 17.0 Å². The van der Waals surface area contributed by atoms with E-state index in [1.54, 1.807) is 12.3 Å². The van der Waals surface area contributed by atoms with Crippen LogP contribution in [0.1, 0.15) is 36.7 Å². The Morgan fingerprint density at radius 3 is 2.96 bits per heavy atom. The molecule has 0 amide bonds. The van der Waals surface area contributed by atoms with Crippen molar-refractivity contribution in [1.29, 1.82) is 5.26 Å². The lowest BCUT2D eigenvalue weighted by Gasteiger charge is -2.07. The molecule has 3 aromatic heterocycles. The van der Waals surface area contributed by atoms with Gasteiger partial charge in [0.1, 0.15) is 29.0 Å². The Morgan fingerprint density at radius 1 is 1.29 bits per heavy atom. The molecule has 4 rings (SSSR count). The predicted molar refractivity (Wildman–Crippen MR) is 100 cm³/mol. The monoisotopic (exact) mass is 398 g/mol. The standard InChI is InChI=1S/C18H18N6O3S/c1-11-12(6-8-26-11)17-22-23-18(27-17)28-10-14(25)13(9-19)16-21-20-15-5-3-2-4-7-24(15)16/h6,8,25H,2-5,7,10H2,1H3/b14-13-. The van der Waals surface area contributed by atoms with Crippen molar-refractivity contribution < 1.29 is 13.9 Å². The third kappa shape index (κ3) is 3.53. The Morgan fingerprint density at radius 2 is 2.18 bits per heavy atom. The summed E-state index contributed by atoms with van der Waals surface area (Å²) in [5, 5.41) is 36.7. The number of rotatable bonds is 5. The fourth-order valence-electron chi connectivity index (χ4n) is 3.10. The number of hydrogen-bond acceptors (Lipinski definition) is 9. The highest BCUT2D eigenvalue weighted by Gasteiger charge is 2.21. The Labute approximate surface area is 165 Å². The molecule has 9 nitrogen and oxygen atoms in total. The molecule has 0 radical (unpaired) electrons. The van der Waals surface area contributed by atoms with Gasteiger partial charge in [-0.1, -0.05) is 18.2 Å². The largest absolute Gasteiger partial charge is 0.510 e. The van der Waals surface area contributed by atoms with Gasteiger partial charge in [0.25, 0.3) is 11.1 Å². The lowest BCUT2D eigenvalue weighted by Crippen LogP contribution is -2.07. The summed E-state index contributed by atoms with van der Waals surface area (Å²) in [4.78, 5) is 0. The molecule has 0 aliphatic carbocycles. The van der Waals surface area contributed by atoms with E-state index < -0.39 is 0 Å². The minimum Gasteiger partial charge on any atom is -0.510 e. The minimum atomic E-state index is -0.0915. The number of hydrogen-bond donors (Lipinski definition) is 1. The number of aryl methyl sites for hydroxylation is 2. The van der Waals surface area contributed by atoms with Crippen LogP contribution in [0.5, 0.6) is 0 Å². The molecule has 0 saturated carbocycles. The highest BCUT2D eigenvalue weighted by atomic mass is 32.2. The van der Waals surface area contributed by atoms with E-state index in [4.69, 9.17) is 8.83 Å². The van der Waals surface area contributed by atoms with Crippen LogP contribution in [0.4, 0.5) is 0 Å². The maximum atomic E-state index is 10.5. The molecular weight excluding hydrogens is 380 g/mol. The van der Waals surface area contributed by atoms with Gasteiger partial charge in [0, 0.05) is 13.0 Å². The summed E-state index contributed by atoms with van der Waals surface area (Å²) >= 11 is 1.15. The SMILES string of the molecule is Cc1occc1-c1nnc(SC/C(O)=C(\C#N)c2nnc3n2CCCCC3)o1. The lowest BCUT2D eigenvalue weighted by molar-refractivity contribution is 0.418. The Hall–Kier alpha value is -3.06. The first-order chi connectivity index (χ1) is 13.7. The maximum Gasteiger partial charge on any atom is 0.277 e. The summed E-state index contributed by atoms with van der Waals surface area (Å²) in [6, 6.07) is 3.81. The number of aliphatic hydroxyl groups excluding tert-OH is 1. The number of aliphatic hydroxyl groups is 1. The number of allylic oxidation sites excluding steroid dienone is 1. The van der Waals surface area contributed by atoms with Crippen LogP contribution in [0.15, 0.2) is 32.1 Å². The lowest BCUT2D eigenvalue weighted by atomic mass is 10.2. The van der Waals surface area contributed by atoms with E-state index in [0.29, 0.717) is 22.7 Å². The van der Waals surface area contributed by atoms with Gasteiger partial charge >= 0.3 is 0 Å². The predicted octanol–water partition coefficient (Wildman–Crippen LogP) is 3.54. The average Bonchev–Trinajstić information content (AvgIpc) is 3.38. The number of aromatic nitrogens is 5. The van der Waals surface area contributed by atoms with Gasteiger partial charge in [-0.25, -0.2) is 0 Å². The minimum absolute atomic E-state index is 0.0915. The molecule has 0 unspecified atom stereocenters. The molecule has 1 N–H and O–H groups in total. The van der Waals surface area contributed by atoms with Crippen LogP contribution >= 0.6 is 11.8 Å². The quantitative estimate of drug-likeness (QED) is 0.390. The molecule has 1 aliphatic rings. The van der Waals surface area contributed by atoms with Gasteiger partial charge in [-0.15, -0.1) is 20.4 Å². The molecule has 0 aromatic carbocycles. The molecule has 1 aliphatic heterocycles. The summed E-state index contributed by atoms with van der Waals surface area (Å²) < 4.78 is 12.8. The van der Waals surface area contributed by atoms with Crippen LogP contribution in [-0.4, -0.2) is 35.8 Å². The second kappa shape index (κ2) is 7.90. The Kier molecular flexibility index (Phi) is 5.16. The molecule has 4 heterocycles. The zero-order valence-corrected chi connectivity index (χ0v) is 16.1. The van der Waals surface area contributed by atoms with Gasteiger partial charge in [0.05, 0.1) is 17.6 Å². The summed E-state index contributed by atoms with van der Waals surface area (Å²) in [6.45, 7) is 2.56. The van der Waals surface area contributed by atoms with Crippen molar-refractivity contribution in [1.82, 2.24) is 25.0 Å². The number of fused-ring (bicyclic) bond motifs is 1. The van der Waals surface area contributed by atoms with Crippen molar-refractivity contribution in [3.8, 4) is 17.5 Å². The number of nitriles is 1. The molecule has 3 aromatic rings. The number of nitrogens with zero attached hydrogens (tertiary/aromatic N) is 6. The molecule has 0 atom stereocenters. The van der Waals surface area contributed by atoms with Gasteiger partial charge in [-0.3, -0.25) is 0 Å². The van der Waals surface area contributed by atoms with E-state index in [-0.39, 0.29) is 17.1 Å². The molecular formula is C18H18N6O3S. The van der Waals surface area contributed by atoms with Crippen LogP contribution in [0, 0.1) is 18.3 Å². The van der Waals surface area contributed by atoms with Gasteiger partial charge in [-0.2, -0.15) is 5.26 Å². The van der Waals surface area contributed by atoms with E-state index in [1.807, 2.05) is 11.5 Å². The first-order valence-corrected chi connectivity index (χ1v) is 9.91. The molecule has 28 heavy (non-hydrogen) atoms.